The van der Waals surface area contributed by atoms with Crippen molar-refractivity contribution in [3.8, 4) is 5.75 Å². The molecule has 0 radical (unpaired) electrons. The van der Waals surface area contributed by atoms with Crippen LogP contribution in [0.25, 0.3) is 0 Å². The normalized spacial score (nSPS) is 10.5. The minimum atomic E-state index is 0.532. The summed E-state index contributed by atoms with van der Waals surface area (Å²) in [5.74, 6) is 2.06. The number of anilines is 4. The highest BCUT2D eigenvalue weighted by Crippen LogP contribution is 2.27. The van der Waals surface area contributed by atoms with E-state index in [-0.39, 0.29) is 0 Å². The van der Waals surface area contributed by atoms with E-state index in [9.17, 15) is 0 Å². The second kappa shape index (κ2) is 7.87. The van der Waals surface area contributed by atoms with Crippen LogP contribution in [0.4, 0.5) is 23.1 Å². The molecule has 134 valence electrons. The van der Waals surface area contributed by atoms with Gasteiger partial charge in [-0.25, -0.2) is 4.98 Å². The van der Waals surface area contributed by atoms with Gasteiger partial charge in [-0.3, -0.25) is 0 Å². The molecule has 2 aromatic carbocycles. The molecule has 0 aliphatic rings. The largest absolute Gasteiger partial charge is 0.492 e. The van der Waals surface area contributed by atoms with Crippen LogP contribution in [0.15, 0.2) is 48.5 Å². The molecule has 0 fully saturated rings. The Hall–Kier alpha value is -3.08. The summed E-state index contributed by atoms with van der Waals surface area (Å²) < 4.78 is 5.66. The average Bonchev–Trinajstić information content (AvgIpc) is 2.59. The van der Waals surface area contributed by atoms with Crippen LogP contribution in [-0.4, -0.2) is 16.6 Å². The van der Waals surface area contributed by atoms with Crippen LogP contribution in [0.5, 0.6) is 5.75 Å². The number of hydrogen-bond donors (Lipinski definition) is 2. The first kappa shape index (κ1) is 17.7. The van der Waals surface area contributed by atoms with Gasteiger partial charge in [-0.2, -0.15) is 4.98 Å². The Morgan fingerprint density at radius 2 is 1.69 bits per heavy atom. The Balaban J connectivity index is 1.86. The van der Waals surface area contributed by atoms with Gasteiger partial charge in [0.05, 0.1) is 12.3 Å². The Labute approximate surface area is 154 Å². The fourth-order valence-electron chi connectivity index (χ4n) is 2.75. The molecule has 3 rings (SSSR count). The number of para-hydroxylation sites is 2. The summed E-state index contributed by atoms with van der Waals surface area (Å²) in [5, 5.41) is 6.64. The number of aryl methyl sites for hydroxylation is 3. The smallest absolute Gasteiger partial charge is 0.229 e. The molecule has 0 saturated heterocycles. The predicted octanol–water partition coefficient (Wildman–Crippen LogP) is 5.29. The van der Waals surface area contributed by atoms with Gasteiger partial charge in [-0.15, -0.1) is 0 Å². The fourth-order valence-corrected chi connectivity index (χ4v) is 2.75. The van der Waals surface area contributed by atoms with Crippen LogP contribution in [0.1, 0.15) is 23.7 Å². The van der Waals surface area contributed by atoms with Crippen LogP contribution in [0.2, 0.25) is 0 Å². The summed E-state index contributed by atoms with van der Waals surface area (Å²) in [6, 6.07) is 16.0. The number of benzene rings is 2. The number of rotatable bonds is 6. The molecule has 0 saturated carbocycles. The summed E-state index contributed by atoms with van der Waals surface area (Å²) in [5.41, 5.74) is 5.18. The Kier molecular flexibility index (Phi) is 5.37. The number of ether oxygens (including phenoxy) is 1. The van der Waals surface area contributed by atoms with E-state index in [1.165, 1.54) is 11.1 Å². The Morgan fingerprint density at radius 3 is 2.46 bits per heavy atom. The molecule has 0 aliphatic heterocycles. The molecule has 1 heterocycles. The van der Waals surface area contributed by atoms with Gasteiger partial charge in [0, 0.05) is 17.4 Å². The molecule has 1 aromatic heterocycles. The molecule has 3 aromatic rings. The van der Waals surface area contributed by atoms with E-state index in [4.69, 9.17) is 4.74 Å². The third-order valence-electron chi connectivity index (χ3n) is 3.93. The van der Waals surface area contributed by atoms with Crippen molar-refractivity contribution >= 4 is 23.1 Å². The van der Waals surface area contributed by atoms with Crippen molar-refractivity contribution in [2.75, 3.05) is 17.2 Å². The molecule has 0 bridgehead atoms. The molecule has 5 nitrogen and oxygen atoms in total. The maximum Gasteiger partial charge on any atom is 0.229 e. The summed E-state index contributed by atoms with van der Waals surface area (Å²) in [7, 11) is 0. The van der Waals surface area contributed by atoms with Crippen molar-refractivity contribution in [2.45, 2.75) is 27.7 Å². The summed E-state index contributed by atoms with van der Waals surface area (Å²) in [6.45, 7) is 8.69. The second-order valence-electron chi connectivity index (χ2n) is 6.22. The third-order valence-corrected chi connectivity index (χ3v) is 3.93. The van der Waals surface area contributed by atoms with Gasteiger partial charge in [0.1, 0.15) is 11.6 Å². The first-order valence-electron chi connectivity index (χ1n) is 8.74. The van der Waals surface area contributed by atoms with Gasteiger partial charge >= 0.3 is 0 Å². The maximum atomic E-state index is 5.66. The number of hydrogen-bond acceptors (Lipinski definition) is 5. The Bertz CT molecular complexity index is 908. The minimum absolute atomic E-state index is 0.532. The maximum absolute atomic E-state index is 5.66. The van der Waals surface area contributed by atoms with Gasteiger partial charge in [-0.1, -0.05) is 29.8 Å². The summed E-state index contributed by atoms with van der Waals surface area (Å²) in [6.07, 6.45) is 0. The van der Waals surface area contributed by atoms with E-state index in [1.54, 1.807) is 0 Å². The van der Waals surface area contributed by atoms with Gasteiger partial charge in [0.2, 0.25) is 5.95 Å². The molecule has 0 unspecified atom stereocenters. The standard InChI is InChI=1S/C21H24N4O/c1-5-26-19-9-7-6-8-18(19)24-21-22-16(4)13-20(25-21)23-17-11-10-14(2)12-15(17)3/h6-13H,5H2,1-4H3,(H2,22,23,24,25). The second-order valence-corrected chi connectivity index (χ2v) is 6.22. The Morgan fingerprint density at radius 1 is 0.885 bits per heavy atom. The predicted molar refractivity (Wildman–Crippen MR) is 107 cm³/mol. The van der Waals surface area contributed by atoms with Gasteiger partial charge < -0.3 is 15.4 Å². The van der Waals surface area contributed by atoms with E-state index in [0.29, 0.717) is 12.6 Å². The monoisotopic (exact) mass is 348 g/mol. The minimum Gasteiger partial charge on any atom is -0.492 e. The van der Waals surface area contributed by atoms with Crippen LogP contribution in [0.3, 0.4) is 0 Å². The van der Waals surface area contributed by atoms with E-state index >= 15 is 0 Å². The molecular weight excluding hydrogens is 324 g/mol. The van der Waals surface area contributed by atoms with Gasteiger partial charge in [0.25, 0.3) is 0 Å². The van der Waals surface area contributed by atoms with Crippen molar-refractivity contribution in [2.24, 2.45) is 0 Å². The number of nitrogens with zero attached hydrogens (tertiary/aromatic N) is 2. The highest BCUT2D eigenvalue weighted by molar-refractivity contribution is 5.65. The average molecular weight is 348 g/mol. The first-order valence-corrected chi connectivity index (χ1v) is 8.74. The highest BCUT2D eigenvalue weighted by Gasteiger charge is 2.08. The zero-order valence-electron chi connectivity index (χ0n) is 15.6. The summed E-state index contributed by atoms with van der Waals surface area (Å²) >= 11 is 0. The molecule has 0 atom stereocenters. The fraction of sp³-hybridized carbons (Fsp3) is 0.238. The lowest BCUT2D eigenvalue weighted by atomic mass is 10.1. The first-order chi connectivity index (χ1) is 12.5. The molecule has 5 heteroatoms. The van der Waals surface area contributed by atoms with Crippen molar-refractivity contribution in [3.05, 3.63) is 65.4 Å². The van der Waals surface area contributed by atoms with Gasteiger partial charge in [0.15, 0.2) is 0 Å². The zero-order valence-corrected chi connectivity index (χ0v) is 15.6. The number of nitrogens with one attached hydrogen (secondary N) is 2. The van der Waals surface area contributed by atoms with E-state index in [2.05, 4.69) is 52.6 Å². The lowest BCUT2D eigenvalue weighted by Gasteiger charge is -2.14. The van der Waals surface area contributed by atoms with E-state index in [0.717, 1.165) is 28.6 Å². The van der Waals surface area contributed by atoms with E-state index < -0.39 is 0 Å². The van der Waals surface area contributed by atoms with Gasteiger partial charge in [-0.05, 0) is 51.5 Å². The quantitative estimate of drug-likeness (QED) is 0.634. The van der Waals surface area contributed by atoms with Crippen LogP contribution in [0, 0.1) is 20.8 Å². The third kappa shape index (κ3) is 4.30. The molecular formula is C21H24N4O. The zero-order chi connectivity index (χ0) is 18.5. The van der Waals surface area contributed by atoms with Crippen molar-refractivity contribution in [1.82, 2.24) is 9.97 Å². The highest BCUT2D eigenvalue weighted by atomic mass is 16.5. The van der Waals surface area contributed by atoms with Crippen LogP contribution >= 0.6 is 0 Å². The van der Waals surface area contributed by atoms with Crippen LogP contribution in [-0.2, 0) is 0 Å². The van der Waals surface area contributed by atoms with Crippen molar-refractivity contribution in [1.29, 1.82) is 0 Å². The molecule has 0 amide bonds. The molecule has 0 spiro atoms. The molecule has 2 N–H and O–H groups in total. The molecule has 26 heavy (non-hydrogen) atoms. The number of aromatic nitrogens is 2. The molecule has 0 aliphatic carbocycles. The van der Waals surface area contributed by atoms with E-state index in [1.807, 2.05) is 44.2 Å². The van der Waals surface area contributed by atoms with Crippen molar-refractivity contribution < 1.29 is 4.74 Å². The van der Waals surface area contributed by atoms with Crippen molar-refractivity contribution in [3.63, 3.8) is 0 Å². The summed E-state index contributed by atoms with van der Waals surface area (Å²) in [4.78, 5) is 9.09. The van der Waals surface area contributed by atoms with Crippen LogP contribution < -0.4 is 15.4 Å². The lowest BCUT2D eigenvalue weighted by molar-refractivity contribution is 0.342. The SMILES string of the molecule is CCOc1ccccc1Nc1nc(C)cc(Nc2ccc(C)cc2C)n1. The topological polar surface area (TPSA) is 59.1 Å². The lowest BCUT2D eigenvalue weighted by Crippen LogP contribution is -2.04.